The van der Waals surface area contributed by atoms with Crippen molar-refractivity contribution in [3.63, 3.8) is 0 Å². The number of hydrogen-bond donors (Lipinski definition) is 1. The molecule has 1 aromatic carbocycles. The normalized spacial score (nSPS) is 16.9. The molecule has 0 bridgehead atoms. The van der Waals surface area contributed by atoms with E-state index in [-0.39, 0.29) is 34.7 Å². The number of anilines is 1. The van der Waals surface area contributed by atoms with Crippen molar-refractivity contribution in [2.45, 2.75) is 32.7 Å². The molecule has 2 amide bonds. The molecule has 1 heterocycles. The number of esters is 2. The van der Waals surface area contributed by atoms with E-state index in [2.05, 4.69) is 10.1 Å². The van der Waals surface area contributed by atoms with Gasteiger partial charge in [0.1, 0.15) is 0 Å². The number of benzene rings is 1. The molecule has 0 saturated carbocycles. The van der Waals surface area contributed by atoms with Crippen molar-refractivity contribution < 1.29 is 28.7 Å². The van der Waals surface area contributed by atoms with E-state index >= 15 is 0 Å². The van der Waals surface area contributed by atoms with Crippen LogP contribution in [0.1, 0.15) is 47.9 Å². The van der Waals surface area contributed by atoms with Gasteiger partial charge in [0.25, 0.3) is 0 Å². The van der Waals surface area contributed by atoms with Gasteiger partial charge in [-0.25, -0.2) is 9.59 Å². The molecular weight excluding hydrogens is 352 g/mol. The molecule has 1 aliphatic heterocycles. The lowest BCUT2D eigenvalue weighted by Crippen LogP contribution is -2.42. The Balaban J connectivity index is 2.27. The van der Waals surface area contributed by atoms with Gasteiger partial charge in [0.15, 0.2) is 0 Å². The molecule has 8 nitrogen and oxygen atoms in total. The predicted octanol–water partition coefficient (Wildman–Crippen LogP) is 1.85. The van der Waals surface area contributed by atoms with E-state index in [1.807, 2.05) is 20.8 Å². The molecule has 1 aromatic rings. The van der Waals surface area contributed by atoms with E-state index in [0.717, 1.165) is 0 Å². The molecule has 1 aliphatic rings. The Labute approximate surface area is 157 Å². The zero-order valence-electron chi connectivity index (χ0n) is 16.1. The fourth-order valence-corrected chi connectivity index (χ4v) is 2.95. The van der Waals surface area contributed by atoms with E-state index in [9.17, 15) is 19.2 Å². The Hall–Kier alpha value is -2.90. The average molecular weight is 376 g/mol. The molecular formula is C19H24N2O6. The number of nitrogens with one attached hydrogen (secondary N) is 1. The predicted molar refractivity (Wildman–Crippen MR) is 97.3 cm³/mol. The SMILES string of the molecule is COC(=O)c1ccc(C(=O)OC)c(NC(=O)C2CC(=O)N(C(C)(C)C)C2)c1. The number of ether oxygens (including phenoxy) is 2. The number of nitrogens with zero attached hydrogens (tertiary/aromatic N) is 1. The van der Waals surface area contributed by atoms with Gasteiger partial charge in [0.05, 0.1) is 37.0 Å². The third-order valence-electron chi connectivity index (χ3n) is 4.41. The van der Waals surface area contributed by atoms with Crippen LogP contribution in [-0.4, -0.2) is 55.0 Å². The number of carbonyl (C=O) groups is 4. The smallest absolute Gasteiger partial charge is 0.339 e. The van der Waals surface area contributed by atoms with Crippen molar-refractivity contribution in [3.8, 4) is 0 Å². The van der Waals surface area contributed by atoms with Crippen LogP contribution in [0, 0.1) is 5.92 Å². The van der Waals surface area contributed by atoms with Gasteiger partial charge >= 0.3 is 11.9 Å². The molecule has 1 N–H and O–H groups in total. The van der Waals surface area contributed by atoms with Crippen LogP contribution in [0.3, 0.4) is 0 Å². The minimum absolute atomic E-state index is 0.0906. The van der Waals surface area contributed by atoms with Gasteiger partial charge in [0, 0.05) is 18.5 Å². The minimum Gasteiger partial charge on any atom is -0.465 e. The summed E-state index contributed by atoms with van der Waals surface area (Å²) in [6, 6.07) is 4.15. The molecule has 1 atom stereocenters. The lowest BCUT2D eigenvalue weighted by molar-refractivity contribution is -0.131. The van der Waals surface area contributed by atoms with Crippen molar-refractivity contribution in [1.29, 1.82) is 0 Å². The average Bonchev–Trinajstić information content (AvgIpc) is 3.02. The van der Waals surface area contributed by atoms with E-state index < -0.39 is 23.8 Å². The molecule has 0 radical (unpaired) electrons. The zero-order chi connectivity index (χ0) is 20.4. The molecule has 0 spiro atoms. The van der Waals surface area contributed by atoms with Crippen molar-refractivity contribution in [3.05, 3.63) is 29.3 Å². The summed E-state index contributed by atoms with van der Waals surface area (Å²) in [4.78, 5) is 50.3. The van der Waals surface area contributed by atoms with Gasteiger partial charge in [0.2, 0.25) is 11.8 Å². The molecule has 1 saturated heterocycles. The zero-order valence-corrected chi connectivity index (χ0v) is 16.1. The Morgan fingerprint density at radius 3 is 2.26 bits per heavy atom. The molecule has 2 rings (SSSR count). The fraction of sp³-hybridized carbons (Fsp3) is 0.474. The molecule has 146 valence electrons. The summed E-state index contributed by atoms with van der Waals surface area (Å²) in [7, 11) is 2.46. The summed E-state index contributed by atoms with van der Waals surface area (Å²) in [5.41, 5.74) is 0.0415. The third-order valence-corrected chi connectivity index (χ3v) is 4.41. The van der Waals surface area contributed by atoms with E-state index in [4.69, 9.17) is 4.74 Å². The lowest BCUT2D eigenvalue weighted by Gasteiger charge is -2.31. The summed E-state index contributed by atoms with van der Waals surface area (Å²) in [6.45, 7) is 6.00. The molecule has 1 unspecified atom stereocenters. The van der Waals surface area contributed by atoms with Crippen LogP contribution in [0.4, 0.5) is 5.69 Å². The van der Waals surface area contributed by atoms with Gasteiger partial charge in [-0.1, -0.05) is 0 Å². The highest BCUT2D eigenvalue weighted by Gasteiger charge is 2.39. The van der Waals surface area contributed by atoms with Crippen LogP contribution >= 0.6 is 0 Å². The van der Waals surface area contributed by atoms with Gasteiger partial charge in [-0.2, -0.15) is 0 Å². The van der Waals surface area contributed by atoms with Gasteiger partial charge in [-0.15, -0.1) is 0 Å². The fourth-order valence-electron chi connectivity index (χ4n) is 2.95. The van der Waals surface area contributed by atoms with Crippen LogP contribution in [-0.2, 0) is 19.1 Å². The quantitative estimate of drug-likeness (QED) is 0.805. The highest BCUT2D eigenvalue weighted by atomic mass is 16.5. The number of likely N-dealkylation sites (tertiary alicyclic amines) is 1. The Bertz CT molecular complexity index is 781. The number of amides is 2. The van der Waals surface area contributed by atoms with Gasteiger partial charge in [-0.05, 0) is 39.0 Å². The highest BCUT2D eigenvalue weighted by Crippen LogP contribution is 2.28. The Morgan fingerprint density at radius 2 is 1.74 bits per heavy atom. The Morgan fingerprint density at radius 1 is 1.11 bits per heavy atom. The van der Waals surface area contributed by atoms with E-state index in [0.29, 0.717) is 6.54 Å². The molecule has 27 heavy (non-hydrogen) atoms. The molecule has 0 aromatic heterocycles. The van der Waals surface area contributed by atoms with Crippen molar-refractivity contribution in [1.82, 2.24) is 4.90 Å². The molecule has 0 aliphatic carbocycles. The number of rotatable bonds is 4. The van der Waals surface area contributed by atoms with Crippen LogP contribution in [0.15, 0.2) is 18.2 Å². The van der Waals surface area contributed by atoms with Crippen LogP contribution in [0.5, 0.6) is 0 Å². The first-order valence-corrected chi connectivity index (χ1v) is 8.50. The van der Waals surface area contributed by atoms with Crippen LogP contribution in [0.25, 0.3) is 0 Å². The molecule has 1 fully saturated rings. The Kier molecular flexibility index (Phi) is 5.88. The van der Waals surface area contributed by atoms with E-state index in [1.54, 1.807) is 4.90 Å². The number of hydrogen-bond acceptors (Lipinski definition) is 6. The summed E-state index contributed by atoms with van der Waals surface area (Å²) < 4.78 is 9.39. The minimum atomic E-state index is -0.652. The monoisotopic (exact) mass is 376 g/mol. The van der Waals surface area contributed by atoms with Crippen molar-refractivity contribution in [2.24, 2.45) is 5.92 Å². The van der Waals surface area contributed by atoms with Crippen molar-refractivity contribution in [2.75, 3.05) is 26.1 Å². The number of methoxy groups -OCH3 is 2. The first kappa shape index (κ1) is 20.4. The maximum absolute atomic E-state index is 12.7. The summed E-state index contributed by atoms with van der Waals surface area (Å²) >= 11 is 0. The van der Waals surface area contributed by atoms with Crippen LogP contribution in [0.2, 0.25) is 0 Å². The second-order valence-electron chi connectivity index (χ2n) is 7.31. The van der Waals surface area contributed by atoms with E-state index in [1.165, 1.54) is 32.4 Å². The second-order valence-corrected chi connectivity index (χ2v) is 7.31. The highest BCUT2D eigenvalue weighted by molar-refractivity contribution is 6.05. The van der Waals surface area contributed by atoms with Gasteiger partial charge in [-0.3, -0.25) is 9.59 Å². The first-order valence-electron chi connectivity index (χ1n) is 8.50. The largest absolute Gasteiger partial charge is 0.465 e. The molecule has 8 heteroatoms. The maximum Gasteiger partial charge on any atom is 0.339 e. The summed E-state index contributed by atoms with van der Waals surface area (Å²) in [5.74, 6) is -2.30. The first-order chi connectivity index (χ1) is 12.6. The number of carbonyl (C=O) groups excluding carboxylic acids is 4. The standard InChI is InChI=1S/C19H24N2O6/c1-19(2,3)21-10-12(9-15(21)22)16(23)20-14-8-11(17(24)26-4)6-7-13(14)18(25)27-5/h6-8,12H,9-10H2,1-5H3,(H,20,23). The van der Waals surface area contributed by atoms with Crippen LogP contribution < -0.4 is 5.32 Å². The van der Waals surface area contributed by atoms with Crippen molar-refractivity contribution >= 4 is 29.4 Å². The van der Waals surface area contributed by atoms with Gasteiger partial charge < -0.3 is 19.7 Å². The lowest BCUT2D eigenvalue weighted by atomic mass is 10.0. The summed E-state index contributed by atoms with van der Waals surface area (Å²) in [6.07, 6.45) is 0.0906. The second kappa shape index (κ2) is 7.77. The third kappa shape index (κ3) is 4.45. The topological polar surface area (TPSA) is 102 Å². The maximum atomic E-state index is 12.7. The summed E-state index contributed by atoms with van der Waals surface area (Å²) in [5, 5.41) is 2.65.